The van der Waals surface area contributed by atoms with Crippen molar-refractivity contribution >= 4 is 17.5 Å². The lowest BCUT2D eigenvalue weighted by atomic mass is 9.95. The van der Waals surface area contributed by atoms with E-state index >= 15 is 0 Å². The molecule has 2 fully saturated rings. The third kappa shape index (κ3) is 4.48. The lowest BCUT2D eigenvalue weighted by Crippen LogP contribution is -2.42. The van der Waals surface area contributed by atoms with Crippen molar-refractivity contribution in [2.24, 2.45) is 11.8 Å². The van der Waals surface area contributed by atoms with E-state index in [1.807, 2.05) is 30.9 Å². The maximum absolute atomic E-state index is 12.7. The van der Waals surface area contributed by atoms with E-state index in [-0.39, 0.29) is 23.7 Å². The summed E-state index contributed by atoms with van der Waals surface area (Å²) < 4.78 is 11.1. The highest BCUT2D eigenvalue weighted by Crippen LogP contribution is 2.33. The Hall–Kier alpha value is -2.24. The Balaban J connectivity index is 1.60. The molecule has 0 atom stereocenters. The minimum atomic E-state index is -0.0801. The van der Waals surface area contributed by atoms with Crippen LogP contribution in [0.15, 0.2) is 18.2 Å². The zero-order chi connectivity index (χ0) is 18.5. The third-order valence-electron chi connectivity index (χ3n) is 4.92. The van der Waals surface area contributed by atoms with Gasteiger partial charge in [0.1, 0.15) is 11.5 Å². The number of rotatable bonds is 7. The van der Waals surface area contributed by atoms with E-state index in [1.54, 1.807) is 6.07 Å². The Morgan fingerprint density at radius 3 is 2.35 bits per heavy atom. The second-order valence-electron chi connectivity index (χ2n) is 6.89. The molecular weight excluding hydrogens is 332 g/mol. The molecule has 26 heavy (non-hydrogen) atoms. The van der Waals surface area contributed by atoms with Crippen LogP contribution in [0.3, 0.4) is 0 Å². The Bertz CT molecular complexity index is 649. The van der Waals surface area contributed by atoms with Gasteiger partial charge in [-0.15, -0.1) is 0 Å². The van der Waals surface area contributed by atoms with Gasteiger partial charge in [-0.3, -0.25) is 9.59 Å². The van der Waals surface area contributed by atoms with Crippen LogP contribution in [-0.4, -0.2) is 43.0 Å². The van der Waals surface area contributed by atoms with Gasteiger partial charge in [0.05, 0.1) is 18.9 Å². The maximum atomic E-state index is 12.7. The molecule has 1 heterocycles. The fraction of sp³-hybridized carbons (Fsp3) is 0.600. The van der Waals surface area contributed by atoms with Crippen molar-refractivity contribution < 1.29 is 19.1 Å². The minimum absolute atomic E-state index is 0.0156. The molecule has 0 unspecified atom stereocenters. The average Bonchev–Trinajstić information content (AvgIpc) is 3.49. The highest BCUT2D eigenvalue weighted by molar-refractivity contribution is 5.94. The number of hydrogen-bond acceptors (Lipinski definition) is 4. The van der Waals surface area contributed by atoms with Gasteiger partial charge < -0.3 is 19.7 Å². The minimum Gasteiger partial charge on any atom is -0.494 e. The fourth-order valence-corrected chi connectivity index (χ4v) is 3.33. The molecule has 3 rings (SSSR count). The number of ether oxygens (including phenoxy) is 2. The first kappa shape index (κ1) is 18.5. The number of nitrogens with one attached hydrogen (secondary N) is 1. The molecular formula is C20H28N2O4. The second-order valence-corrected chi connectivity index (χ2v) is 6.89. The molecule has 6 heteroatoms. The second kappa shape index (κ2) is 8.43. The predicted octanol–water partition coefficient (Wildman–Crippen LogP) is 3.07. The number of likely N-dealkylation sites (tertiary alicyclic amines) is 1. The lowest BCUT2D eigenvalue weighted by molar-refractivity contribution is -0.135. The van der Waals surface area contributed by atoms with Gasteiger partial charge in [0, 0.05) is 31.0 Å². The summed E-state index contributed by atoms with van der Waals surface area (Å²) in [5, 5.41) is 3.00. The van der Waals surface area contributed by atoms with Crippen molar-refractivity contribution in [2.75, 3.05) is 31.6 Å². The highest BCUT2D eigenvalue weighted by atomic mass is 16.5. The van der Waals surface area contributed by atoms with Crippen LogP contribution in [0.1, 0.15) is 39.5 Å². The number of amides is 2. The van der Waals surface area contributed by atoms with Gasteiger partial charge >= 0.3 is 0 Å². The van der Waals surface area contributed by atoms with Gasteiger partial charge in [0.2, 0.25) is 11.8 Å². The van der Waals surface area contributed by atoms with Crippen LogP contribution in [0.4, 0.5) is 5.69 Å². The normalized spacial score (nSPS) is 17.7. The molecule has 1 aromatic rings. The van der Waals surface area contributed by atoms with Crippen LogP contribution in [0.25, 0.3) is 0 Å². The quantitative estimate of drug-likeness (QED) is 0.811. The summed E-state index contributed by atoms with van der Waals surface area (Å²) in [5.41, 5.74) is 0.638. The van der Waals surface area contributed by atoms with E-state index < -0.39 is 0 Å². The van der Waals surface area contributed by atoms with E-state index in [0.29, 0.717) is 56.3 Å². The summed E-state index contributed by atoms with van der Waals surface area (Å²) in [4.78, 5) is 26.8. The van der Waals surface area contributed by atoms with Gasteiger partial charge in [0.15, 0.2) is 0 Å². The highest BCUT2D eigenvalue weighted by Gasteiger charge is 2.36. The summed E-state index contributed by atoms with van der Waals surface area (Å²) in [7, 11) is 0. The monoisotopic (exact) mass is 360 g/mol. The summed E-state index contributed by atoms with van der Waals surface area (Å²) in [6.45, 7) is 6.27. The van der Waals surface area contributed by atoms with E-state index in [2.05, 4.69) is 5.32 Å². The largest absolute Gasteiger partial charge is 0.494 e. The first-order valence-electron chi connectivity index (χ1n) is 9.61. The van der Waals surface area contributed by atoms with Crippen LogP contribution >= 0.6 is 0 Å². The average molecular weight is 360 g/mol. The number of carbonyl (C=O) groups is 2. The van der Waals surface area contributed by atoms with Crippen LogP contribution in [0.2, 0.25) is 0 Å². The third-order valence-corrected chi connectivity index (χ3v) is 4.92. The van der Waals surface area contributed by atoms with Gasteiger partial charge in [-0.05, 0) is 51.7 Å². The summed E-state index contributed by atoms with van der Waals surface area (Å²) >= 11 is 0. The van der Waals surface area contributed by atoms with Crippen LogP contribution in [0.5, 0.6) is 11.5 Å². The van der Waals surface area contributed by atoms with Crippen molar-refractivity contribution in [1.82, 2.24) is 4.90 Å². The SMILES string of the molecule is CCOc1ccc(OCC)c(NC(=O)C2CCN(C(=O)C3CC3)CC2)c1. The van der Waals surface area contributed by atoms with E-state index in [4.69, 9.17) is 9.47 Å². The molecule has 0 radical (unpaired) electrons. The smallest absolute Gasteiger partial charge is 0.227 e. The molecule has 2 amide bonds. The molecule has 6 nitrogen and oxygen atoms in total. The summed E-state index contributed by atoms with van der Waals surface area (Å²) in [6, 6.07) is 5.46. The number of hydrogen-bond donors (Lipinski definition) is 1. The maximum Gasteiger partial charge on any atom is 0.227 e. The lowest BCUT2D eigenvalue weighted by Gasteiger charge is -2.31. The van der Waals surface area contributed by atoms with Crippen LogP contribution in [0, 0.1) is 11.8 Å². The van der Waals surface area contributed by atoms with Crippen molar-refractivity contribution in [3.63, 3.8) is 0 Å². The molecule has 1 N–H and O–H groups in total. The van der Waals surface area contributed by atoms with Crippen molar-refractivity contribution in [2.45, 2.75) is 39.5 Å². The molecule has 1 aliphatic carbocycles. The Labute approximate surface area is 154 Å². The standard InChI is InChI=1S/C20H28N2O4/c1-3-25-16-7-8-18(26-4-2)17(13-16)21-19(23)14-9-11-22(12-10-14)20(24)15-5-6-15/h7-8,13-15H,3-6,9-12H2,1-2H3,(H,21,23). The van der Waals surface area contributed by atoms with Crippen LogP contribution in [-0.2, 0) is 9.59 Å². The summed E-state index contributed by atoms with van der Waals surface area (Å²) in [5.74, 6) is 1.77. The fourth-order valence-electron chi connectivity index (χ4n) is 3.33. The molecule has 0 spiro atoms. The molecule has 0 bridgehead atoms. The molecule has 1 aromatic carbocycles. The molecule has 1 saturated carbocycles. The van der Waals surface area contributed by atoms with Gasteiger partial charge in [-0.1, -0.05) is 0 Å². The number of anilines is 1. The topological polar surface area (TPSA) is 67.9 Å². The number of benzene rings is 1. The molecule has 0 aromatic heterocycles. The Morgan fingerprint density at radius 2 is 1.73 bits per heavy atom. The van der Waals surface area contributed by atoms with Gasteiger partial charge in [-0.25, -0.2) is 0 Å². The Morgan fingerprint density at radius 1 is 1.04 bits per heavy atom. The molecule has 1 aliphatic heterocycles. The van der Waals surface area contributed by atoms with Crippen LogP contribution < -0.4 is 14.8 Å². The van der Waals surface area contributed by atoms with E-state index in [9.17, 15) is 9.59 Å². The van der Waals surface area contributed by atoms with E-state index in [0.717, 1.165) is 12.8 Å². The first-order valence-corrected chi connectivity index (χ1v) is 9.61. The number of nitrogens with zero attached hydrogens (tertiary/aromatic N) is 1. The number of carbonyl (C=O) groups excluding carboxylic acids is 2. The van der Waals surface area contributed by atoms with Crippen molar-refractivity contribution in [1.29, 1.82) is 0 Å². The Kier molecular flexibility index (Phi) is 6.01. The summed E-state index contributed by atoms with van der Waals surface area (Å²) in [6.07, 6.45) is 3.46. The van der Waals surface area contributed by atoms with Crippen molar-refractivity contribution in [3.05, 3.63) is 18.2 Å². The molecule has 2 aliphatic rings. The van der Waals surface area contributed by atoms with Gasteiger partial charge in [-0.2, -0.15) is 0 Å². The van der Waals surface area contributed by atoms with Crippen molar-refractivity contribution in [3.8, 4) is 11.5 Å². The molecule has 142 valence electrons. The predicted molar refractivity (Wildman–Crippen MR) is 99.4 cm³/mol. The zero-order valence-electron chi connectivity index (χ0n) is 15.6. The zero-order valence-corrected chi connectivity index (χ0v) is 15.6. The first-order chi connectivity index (χ1) is 12.6. The van der Waals surface area contributed by atoms with Gasteiger partial charge in [0.25, 0.3) is 0 Å². The van der Waals surface area contributed by atoms with E-state index in [1.165, 1.54) is 0 Å². The number of piperidine rings is 1. The molecule has 1 saturated heterocycles.